The van der Waals surface area contributed by atoms with Gasteiger partial charge in [-0.2, -0.15) is 5.10 Å². The zero-order chi connectivity index (χ0) is 12.3. The molecule has 1 aromatic rings. The zero-order valence-corrected chi connectivity index (χ0v) is 10.7. The third-order valence-corrected chi connectivity index (χ3v) is 3.29. The number of aromatic nitrogens is 2. The third kappa shape index (κ3) is 3.28. The van der Waals surface area contributed by atoms with Crippen molar-refractivity contribution >= 4 is 0 Å². The van der Waals surface area contributed by atoms with Gasteiger partial charge < -0.3 is 10.5 Å². The molecule has 2 rings (SSSR count). The molecule has 5 nitrogen and oxygen atoms in total. The molecule has 2 N–H and O–H groups in total. The first-order valence-electron chi connectivity index (χ1n) is 6.27. The van der Waals surface area contributed by atoms with Gasteiger partial charge in [-0.25, -0.2) is 0 Å². The van der Waals surface area contributed by atoms with Gasteiger partial charge in [-0.15, -0.1) is 0 Å². The average molecular weight is 238 g/mol. The highest BCUT2D eigenvalue weighted by Gasteiger charge is 2.21. The average Bonchev–Trinajstić information content (AvgIpc) is 2.76. The normalized spacial score (nSPS) is 23.8. The van der Waals surface area contributed by atoms with E-state index in [4.69, 9.17) is 10.5 Å². The molecule has 1 aromatic heterocycles. The largest absolute Gasteiger partial charge is 0.376 e. The number of nitrogens with two attached hydrogens (primary N) is 1. The van der Waals surface area contributed by atoms with Gasteiger partial charge in [0.05, 0.1) is 18.9 Å². The molecule has 17 heavy (non-hydrogen) atoms. The predicted octanol–water partition coefficient (Wildman–Crippen LogP) is 0.531. The van der Waals surface area contributed by atoms with Crippen LogP contribution in [0.1, 0.15) is 24.9 Å². The van der Waals surface area contributed by atoms with E-state index in [-0.39, 0.29) is 6.04 Å². The molecular weight excluding hydrogens is 216 g/mol. The van der Waals surface area contributed by atoms with E-state index in [0.29, 0.717) is 6.10 Å². The summed E-state index contributed by atoms with van der Waals surface area (Å²) in [5.41, 5.74) is 7.29. The smallest absolute Gasteiger partial charge is 0.0700 e. The van der Waals surface area contributed by atoms with Crippen LogP contribution in [0.4, 0.5) is 0 Å². The summed E-state index contributed by atoms with van der Waals surface area (Å²) in [4.78, 5) is 2.38. The van der Waals surface area contributed by atoms with Crippen molar-refractivity contribution in [1.82, 2.24) is 14.7 Å². The Bertz CT molecular complexity index is 352. The van der Waals surface area contributed by atoms with Gasteiger partial charge in [-0.1, -0.05) is 6.92 Å². The molecule has 1 aliphatic heterocycles. The molecule has 0 bridgehead atoms. The molecule has 1 saturated heterocycles. The lowest BCUT2D eigenvalue weighted by atomic mass is 10.1. The molecule has 0 radical (unpaired) electrons. The van der Waals surface area contributed by atoms with Gasteiger partial charge in [0.1, 0.15) is 0 Å². The summed E-state index contributed by atoms with van der Waals surface area (Å²) in [5.74, 6) is 0. The molecule has 1 aliphatic rings. The molecule has 0 aromatic carbocycles. The highest BCUT2D eigenvalue weighted by Crippen LogP contribution is 2.14. The lowest BCUT2D eigenvalue weighted by Crippen LogP contribution is -2.44. The van der Waals surface area contributed by atoms with Crippen LogP contribution in [0, 0.1) is 0 Å². The van der Waals surface area contributed by atoms with E-state index in [2.05, 4.69) is 16.9 Å². The molecule has 96 valence electrons. The van der Waals surface area contributed by atoms with E-state index in [1.807, 2.05) is 19.4 Å². The molecule has 2 heterocycles. The van der Waals surface area contributed by atoms with E-state index in [1.54, 1.807) is 4.68 Å². The second-order valence-electron chi connectivity index (χ2n) is 4.71. The van der Waals surface area contributed by atoms with Crippen molar-refractivity contribution < 1.29 is 4.74 Å². The Morgan fingerprint density at radius 2 is 2.47 bits per heavy atom. The van der Waals surface area contributed by atoms with Crippen molar-refractivity contribution in [2.45, 2.75) is 25.5 Å². The highest BCUT2D eigenvalue weighted by molar-refractivity contribution is 5.10. The van der Waals surface area contributed by atoms with Crippen molar-refractivity contribution in [3.8, 4) is 0 Å². The summed E-state index contributed by atoms with van der Waals surface area (Å²) >= 11 is 0. The van der Waals surface area contributed by atoms with E-state index in [0.717, 1.165) is 38.2 Å². The summed E-state index contributed by atoms with van der Waals surface area (Å²) in [7, 11) is 1.91. The van der Waals surface area contributed by atoms with Crippen molar-refractivity contribution in [3.05, 3.63) is 18.0 Å². The minimum Gasteiger partial charge on any atom is -0.376 e. The highest BCUT2D eigenvalue weighted by atomic mass is 16.5. The second kappa shape index (κ2) is 5.62. The fourth-order valence-corrected chi connectivity index (χ4v) is 2.21. The Morgan fingerprint density at radius 3 is 3.12 bits per heavy atom. The number of ether oxygens (including phenoxy) is 1. The van der Waals surface area contributed by atoms with Crippen LogP contribution in [0.3, 0.4) is 0 Å². The maximum atomic E-state index is 6.19. The Hall–Kier alpha value is -0.910. The maximum Gasteiger partial charge on any atom is 0.0700 e. The Morgan fingerprint density at radius 1 is 1.65 bits per heavy atom. The van der Waals surface area contributed by atoms with Gasteiger partial charge in [0.25, 0.3) is 0 Å². The van der Waals surface area contributed by atoms with Crippen molar-refractivity contribution in [1.29, 1.82) is 0 Å². The third-order valence-electron chi connectivity index (χ3n) is 3.29. The van der Waals surface area contributed by atoms with Crippen LogP contribution in [0.5, 0.6) is 0 Å². The molecule has 0 amide bonds. The van der Waals surface area contributed by atoms with Gasteiger partial charge in [0.15, 0.2) is 0 Å². The number of morpholine rings is 1. The number of nitrogens with zero attached hydrogens (tertiary/aromatic N) is 3. The van der Waals surface area contributed by atoms with Crippen LogP contribution < -0.4 is 5.73 Å². The van der Waals surface area contributed by atoms with E-state index in [9.17, 15) is 0 Å². The molecule has 2 unspecified atom stereocenters. The number of hydrogen-bond donors (Lipinski definition) is 1. The fourth-order valence-electron chi connectivity index (χ4n) is 2.21. The number of aryl methyl sites for hydroxylation is 1. The van der Waals surface area contributed by atoms with Crippen LogP contribution in [-0.4, -0.2) is 47.0 Å². The minimum absolute atomic E-state index is 0.0410. The van der Waals surface area contributed by atoms with Gasteiger partial charge in [0, 0.05) is 44.5 Å². The van der Waals surface area contributed by atoms with Crippen LogP contribution in [0.25, 0.3) is 0 Å². The van der Waals surface area contributed by atoms with Crippen molar-refractivity contribution in [2.75, 3.05) is 26.2 Å². The SMILES string of the molecule is CCC1CN(CC(N)c2cnn(C)c2)CCO1. The van der Waals surface area contributed by atoms with E-state index < -0.39 is 0 Å². The monoisotopic (exact) mass is 238 g/mol. The van der Waals surface area contributed by atoms with Gasteiger partial charge >= 0.3 is 0 Å². The molecule has 1 fully saturated rings. The van der Waals surface area contributed by atoms with Gasteiger partial charge in [-0.3, -0.25) is 9.58 Å². The first-order chi connectivity index (χ1) is 8.19. The molecule has 0 saturated carbocycles. The fraction of sp³-hybridized carbons (Fsp3) is 0.750. The van der Waals surface area contributed by atoms with Crippen molar-refractivity contribution in [2.24, 2.45) is 12.8 Å². The Kier molecular flexibility index (Phi) is 4.15. The summed E-state index contributed by atoms with van der Waals surface area (Å²) < 4.78 is 7.44. The quantitative estimate of drug-likeness (QED) is 0.831. The lowest BCUT2D eigenvalue weighted by molar-refractivity contribution is -0.0312. The summed E-state index contributed by atoms with van der Waals surface area (Å²) in [6.07, 6.45) is 5.27. The van der Waals surface area contributed by atoms with Gasteiger partial charge in [0.2, 0.25) is 0 Å². The van der Waals surface area contributed by atoms with Crippen molar-refractivity contribution in [3.63, 3.8) is 0 Å². The van der Waals surface area contributed by atoms with Crippen LogP contribution >= 0.6 is 0 Å². The Balaban J connectivity index is 1.87. The molecule has 0 aliphatic carbocycles. The summed E-state index contributed by atoms with van der Waals surface area (Å²) in [6.45, 7) is 5.83. The van der Waals surface area contributed by atoms with E-state index >= 15 is 0 Å². The summed E-state index contributed by atoms with van der Waals surface area (Å²) in [5, 5.41) is 4.16. The molecule has 0 spiro atoms. The topological polar surface area (TPSA) is 56.3 Å². The maximum absolute atomic E-state index is 6.19. The Labute approximate surface area is 103 Å². The van der Waals surface area contributed by atoms with Crippen LogP contribution in [-0.2, 0) is 11.8 Å². The van der Waals surface area contributed by atoms with Gasteiger partial charge in [-0.05, 0) is 6.42 Å². The standard InChI is InChI=1S/C12H22N4O/c1-3-11-8-16(4-5-17-11)9-12(13)10-6-14-15(2)7-10/h6-7,11-12H,3-5,8-9,13H2,1-2H3. The number of hydrogen-bond acceptors (Lipinski definition) is 4. The number of rotatable bonds is 4. The van der Waals surface area contributed by atoms with Crippen LogP contribution in [0.15, 0.2) is 12.4 Å². The second-order valence-corrected chi connectivity index (χ2v) is 4.71. The van der Waals surface area contributed by atoms with Crippen LogP contribution in [0.2, 0.25) is 0 Å². The zero-order valence-electron chi connectivity index (χ0n) is 10.7. The predicted molar refractivity (Wildman–Crippen MR) is 66.6 cm³/mol. The summed E-state index contributed by atoms with van der Waals surface area (Å²) in [6, 6.07) is 0.0410. The van der Waals surface area contributed by atoms with E-state index in [1.165, 1.54) is 0 Å². The first-order valence-corrected chi connectivity index (χ1v) is 6.27. The first kappa shape index (κ1) is 12.5. The molecule has 5 heteroatoms. The molecular formula is C12H22N4O. The molecule has 2 atom stereocenters. The minimum atomic E-state index is 0.0410. The lowest BCUT2D eigenvalue weighted by Gasteiger charge is -2.33.